The summed E-state index contributed by atoms with van der Waals surface area (Å²) >= 11 is 4.93. The third kappa shape index (κ3) is 5.60. The molecule has 8 heteroatoms. The molecule has 0 spiro atoms. The molecular formula is C9H12BrN5OS. The van der Waals surface area contributed by atoms with Gasteiger partial charge >= 0.3 is 0 Å². The Kier molecular flexibility index (Phi) is 6.50. The van der Waals surface area contributed by atoms with Gasteiger partial charge in [-0.2, -0.15) is 17.0 Å². The molecule has 0 amide bonds. The standard InChI is InChI=1S/C9H12BrN5OS/c1-12-9(14-6-11)13-2-3-17-5-7-4-8(10)15-16-7/h4H,2-3,5H2,1H3,(H2,12,13,14). The lowest BCUT2D eigenvalue weighted by molar-refractivity contribution is 0.391. The lowest BCUT2D eigenvalue weighted by Crippen LogP contribution is -2.35. The van der Waals surface area contributed by atoms with Crippen molar-refractivity contribution in [3.63, 3.8) is 0 Å². The summed E-state index contributed by atoms with van der Waals surface area (Å²) in [6, 6.07) is 1.84. The molecule has 1 aromatic heterocycles. The zero-order valence-corrected chi connectivity index (χ0v) is 11.6. The summed E-state index contributed by atoms with van der Waals surface area (Å²) in [5, 5.41) is 17.6. The molecule has 0 fully saturated rings. The third-order valence-electron chi connectivity index (χ3n) is 1.71. The van der Waals surface area contributed by atoms with Crippen molar-refractivity contribution in [3.8, 4) is 6.19 Å². The smallest absolute Gasteiger partial charge is 0.204 e. The number of thioether (sulfide) groups is 1. The van der Waals surface area contributed by atoms with Crippen LogP contribution in [0.3, 0.4) is 0 Å². The van der Waals surface area contributed by atoms with Crippen LogP contribution >= 0.6 is 27.7 Å². The Hall–Kier alpha value is -1.20. The molecule has 0 aliphatic carbocycles. The molecule has 0 atom stereocenters. The van der Waals surface area contributed by atoms with Crippen LogP contribution in [0.1, 0.15) is 5.76 Å². The van der Waals surface area contributed by atoms with E-state index in [9.17, 15) is 0 Å². The predicted octanol–water partition coefficient (Wildman–Crippen LogP) is 1.32. The van der Waals surface area contributed by atoms with Crippen LogP contribution in [0.25, 0.3) is 0 Å². The molecule has 0 bridgehead atoms. The van der Waals surface area contributed by atoms with E-state index in [0.29, 0.717) is 10.6 Å². The van der Waals surface area contributed by atoms with Crippen LogP contribution in [-0.4, -0.2) is 30.5 Å². The van der Waals surface area contributed by atoms with E-state index in [1.165, 1.54) is 0 Å². The second kappa shape index (κ2) is 7.97. The van der Waals surface area contributed by atoms with Crippen LogP contribution in [0.2, 0.25) is 0 Å². The Bertz CT molecular complexity index is 414. The lowest BCUT2D eigenvalue weighted by atomic mass is 10.5. The number of hydrogen-bond acceptors (Lipinski definition) is 5. The van der Waals surface area contributed by atoms with E-state index in [-0.39, 0.29) is 0 Å². The summed E-state index contributed by atoms with van der Waals surface area (Å²) in [6.45, 7) is 0.724. The minimum Gasteiger partial charge on any atom is -0.359 e. The molecule has 0 aliphatic heterocycles. The van der Waals surface area contributed by atoms with E-state index in [2.05, 4.69) is 36.7 Å². The van der Waals surface area contributed by atoms with Gasteiger partial charge in [-0.1, -0.05) is 5.16 Å². The van der Waals surface area contributed by atoms with Crippen molar-refractivity contribution in [3.05, 3.63) is 16.4 Å². The second-order valence-corrected chi connectivity index (χ2v) is 4.82. The quantitative estimate of drug-likeness (QED) is 0.280. The van der Waals surface area contributed by atoms with Crippen molar-refractivity contribution < 1.29 is 4.52 Å². The molecule has 2 N–H and O–H groups in total. The van der Waals surface area contributed by atoms with Gasteiger partial charge in [-0.05, 0) is 15.9 Å². The molecule has 17 heavy (non-hydrogen) atoms. The molecule has 0 aliphatic rings. The Labute approximate surface area is 112 Å². The summed E-state index contributed by atoms with van der Waals surface area (Å²) in [5.74, 6) is 2.96. The average Bonchev–Trinajstić information content (AvgIpc) is 2.73. The van der Waals surface area contributed by atoms with Crippen LogP contribution in [0.5, 0.6) is 0 Å². The molecule has 0 saturated carbocycles. The van der Waals surface area contributed by atoms with Crippen LogP contribution in [0, 0.1) is 11.5 Å². The first-order valence-corrected chi connectivity index (χ1v) is 6.75. The molecule has 92 valence electrons. The SMILES string of the molecule is CN=C(NC#N)NCCSCc1cc(Br)no1. The topological polar surface area (TPSA) is 86.2 Å². The summed E-state index contributed by atoms with van der Waals surface area (Å²) in [4.78, 5) is 3.86. The zero-order valence-electron chi connectivity index (χ0n) is 9.23. The molecule has 0 radical (unpaired) electrons. The van der Waals surface area contributed by atoms with Gasteiger partial charge in [0, 0.05) is 25.4 Å². The number of nitrogens with zero attached hydrogens (tertiary/aromatic N) is 3. The molecule has 1 rings (SSSR count). The number of nitrogens with one attached hydrogen (secondary N) is 2. The summed E-state index contributed by atoms with van der Waals surface area (Å²) < 4.78 is 5.75. The van der Waals surface area contributed by atoms with Gasteiger partial charge in [-0.3, -0.25) is 10.3 Å². The number of hydrogen-bond donors (Lipinski definition) is 2. The number of aliphatic imine (C=N–C) groups is 1. The fraction of sp³-hybridized carbons (Fsp3) is 0.444. The number of aromatic nitrogens is 1. The maximum Gasteiger partial charge on any atom is 0.204 e. The van der Waals surface area contributed by atoms with E-state index in [4.69, 9.17) is 9.78 Å². The van der Waals surface area contributed by atoms with Crippen molar-refractivity contribution in [2.24, 2.45) is 4.99 Å². The molecule has 6 nitrogen and oxygen atoms in total. The number of rotatable bonds is 5. The van der Waals surface area contributed by atoms with E-state index in [1.807, 2.05) is 12.3 Å². The van der Waals surface area contributed by atoms with Gasteiger partial charge in [0.1, 0.15) is 10.4 Å². The molecule has 1 heterocycles. The van der Waals surface area contributed by atoms with Gasteiger partial charge in [0.2, 0.25) is 5.96 Å². The summed E-state index contributed by atoms with van der Waals surface area (Å²) in [6.07, 6.45) is 1.81. The fourth-order valence-electron chi connectivity index (χ4n) is 1.00. The van der Waals surface area contributed by atoms with Gasteiger partial charge in [-0.15, -0.1) is 0 Å². The maximum atomic E-state index is 8.41. The van der Waals surface area contributed by atoms with E-state index in [1.54, 1.807) is 18.8 Å². The first kappa shape index (κ1) is 13.9. The van der Waals surface area contributed by atoms with Crippen LogP contribution in [0.4, 0.5) is 0 Å². The van der Waals surface area contributed by atoms with Gasteiger partial charge in [0.25, 0.3) is 0 Å². The van der Waals surface area contributed by atoms with Crippen molar-refractivity contribution in [2.75, 3.05) is 19.3 Å². The minimum atomic E-state index is 0.482. The first-order valence-electron chi connectivity index (χ1n) is 4.81. The highest BCUT2D eigenvalue weighted by molar-refractivity contribution is 9.10. The van der Waals surface area contributed by atoms with Gasteiger partial charge in [0.15, 0.2) is 6.19 Å². The van der Waals surface area contributed by atoms with Gasteiger partial charge in [0.05, 0.1) is 5.75 Å². The van der Waals surface area contributed by atoms with Crippen LogP contribution in [-0.2, 0) is 5.75 Å². The first-order chi connectivity index (χ1) is 8.26. The Morgan fingerprint density at radius 3 is 3.18 bits per heavy atom. The highest BCUT2D eigenvalue weighted by Crippen LogP contribution is 2.15. The second-order valence-electron chi connectivity index (χ2n) is 2.90. The minimum absolute atomic E-state index is 0.482. The third-order valence-corrected chi connectivity index (χ3v) is 3.07. The monoisotopic (exact) mass is 317 g/mol. The predicted molar refractivity (Wildman–Crippen MR) is 70.5 cm³/mol. The highest BCUT2D eigenvalue weighted by Gasteiger charge is 2.01. The number of guanidine groups is 1. The molecule has 0 aromatic carbocycles. The zero-order chi connectivity index (χ0) is 12.5. The van der Waals surface area contributed by atoms with Crippen molar-refractivity contribution in [2.45, 2.75) is 5.75 Å². The van der Waals surface area contributed by atoms with Crippen molar-refractivity contribution in [1.82, 2.24) is 15.8 Å². The normalized spacial score (nSPS) is 11.0. The Morgan fingerprint density at radius 1 is 1.76 bits per heavy atom. The van der Waals surface area contributed by atoms with Gasteiger partial charge in [-0.25, -0.2) is 0 Å². The van der Waals surface area contributed by atoms with Crippen LogP contribution < -0.4 is 10.6 Å². The van der Waals surface area contributed by atoms with Gasteiger partial charge < -0.3 is 9.84 Å². The molecule has 1 aromatic rings. The van der Waals surface area contributed by atoms with E-state index < -0.39 is 0 Å². The Morgan fingerprint density at radius 2 is 2.59 bits per heavy atom. The number of nitriles is 1. The molecule has 0 saturated heterocycles. The number of halogens is 1. The molecular weight excluding hydrogens is 306 g/mol. The van der Waals surface area contributed by atoms with Crippen molar-refractivity contribution in [1.29, 1.82) is 5.26 Å². The van der Waals surface area contributed by atoms with Crippen LogP contribution in [0.15, 0.2) is 20.2 Å². The highest BCUT2D eigenvalue weighted by atomic mass is 79.9. The van der Waals surface area contributed by atoms with Crippen molar-refractivity contribution >= 4 is 33.7 Å². The maximum absolute atomic E-state index is 8.41. The lowest BCUT2D eigenvalue weighted by Gasteiger charge is -2.05. The summed E-state index contributed by atoms with van der Waals surface area (Å²) in [5.41, 5.74) is 0. The Balaban J connectivity index is 2.11. The largest absolute Gasteiger partial charge is 0.359 e. The average molecular weight is 318 g/mol. The van der Waals surface area contributed by atoms with E-state index in [0.717, 1.165) is 23.8 Å². The van der Waals surface area contributed by atoms with E-state index >= 15 is 0 Å². The summed E-state index contributed by atoms with van der Waals surface area (Å²) in [7, 11) is 1.62. The fourth-order valence-corrected chi connectivity index (χ4v) is 2.06. The molecule has 0 unspecified atom stereocenters.